The van der Waals surface area contributed by atoms with Crippen LogP contribution in [-0.2, 0) is 6.42 Å². The van der Waals surface area contributed by atoms with E-state index in [9.17, 15) is 0 Å². The number of benzene rings is 2. The molecule has 0 fully saturated rings. The van der Waals surface area contributed by atoms with E-state index in [1.54, 1.807) is 0 Å². The van der Waals surface area contributed by atoms with Crippen LogP contribution in [0.5, 0.6) is 0 Å². The van der Waals surface area contributed by atoms with Gasteiger partial charge in [0, 0.05) is 6.20 Å². The smallest absolute Gasteiger partial charge is 0.0648 e. The van der Waals surface area contributed by atoms with E-state index in [0.29, 0.717) is 0 Å². The van der Waals surface area contributed by atoms with Gasteiger partial charge in [-0.15, -0.1) is 0 Å². The van der Waals surface area contributed by atoms with Gasteiger partial charge in [0.25, 0.3) is 0 Å². The summed E-state index contributed by atoms with van der Waals surface area (Å²) >= 11 is 0. The molecule has 2 heteroatoms. The molecule has 0 aliphatic rings. The molecule has 0 spiro atoms. The number of aryl methyl sites for hydroxylation is 1. The molecule has 0 saturated carbocycles. The van der Waals surface area contributed by atoms with Crippen LogP contribution in [0.1, 0.15) is 51.3 Å². The maximum atomic E-state index is 4.40. The lowest BCUT2D eigenvalue weighted by atomic mass is 10.0. The van der Waals surface area contributed by atoms with Crippen LogP contribution in [0.4, 0.5) is 0 Å². The van der Waals surface area contributed by atoms with Crippen molar-refractivity contribution >= 4 is 11.3 Å². The van der Waals surface area contributed by atoms with Crippen molar-refractivity contribution in [1.29, 1.82) is 0 Å². The topological polar surface area (TPSA) is 24.4 Å². The summed E-state index contributed by atoms with van der Waals surface area (Å²) in [4.78, 5) is 0. The molecule has 27 heavy (non-hydrogen) atoms. The Labute approximate surface area is 165 Å². The van der Waals surface area contributed by atoms with Gasteiger partial charge < -0.3 is 0 Å². The molecule has 2 aromatic carbocycles. The van der Waals surface area contributed by atoms with Crippen LogP contribution in [0.3, 0.4) is 0 Å². The molecule has 2 rings (SSSR count). The van der Waals surface area contributed by atoms with Crippen LogP contribution in [0.25, 0.3) is 5.57 Å². The third kappa shape index (κ3) is 7.91. The highest BCUT2D eigenvalue weighted by Gasteiger charge is 2.00. The third-order valence-electron chi connectivity index (χ3n) is 3.83. The molecule has 0 aliphatic heterocycles. The van der Waals surface area contributed by atoms with E-state index in [4.69, 9.17) is 0 Å². The molecule has 0 radical (unpaired) electrons. The van der Waals surface area contributed by atoms with Crippen molar-refractivity contribution in [3.05, 3.63) is 102 Å². The zero-order valence-corrected chi connectivity index (χ0v) is 17.3. The Morgan fingerprint density at radius 2 is 1.67 bits per heavy atom. The second kappa shape index (κ2) is 12.5. The molecule has 0 bridgehead atoms. The molecule has 2 nitrogen and oxygen atoms in total. The van der Waals surface area contributed by atoms with Crippen molar-refractivity contribution in [2.75, 3.05) is 0 Å². The van der Waals surface area contributed by atoms with E-state index in [2.05, 4.69) is 54.4 Å². The minimum atomic E-state index is 0.948. The molecule has 0 aliphatic carbocycles. The fourth-order valence-electron chi connectivity index (χ4n) is 2.47. The van der Waals surface area contributed by atoms with Gasteiger partial charge in [0.2, 0.25) is 0 Å². The average molecular weight is 361 g/mol. The van der Waals surface area contributed by atoms with Gasteiger partial charge in [-0.1, -0.05) is 93.6 Å². The molecule has 2 aromatic rings. The zero-order chi connectivity index (χ0) is 20.1. The molecule has 142 valence electrons. The predicted octanol–water partition coefficient (Wildman–Crippen LogP) is 6.76. The van der Waals surface area contributed by atoms with Gasteiger partial charge in [0.15, 0.2) is 0 Å². The van der Waals surface area contributed by atoms with Crippen molar-refractivity contribution in [3.63, 3.8) is 0 Å². The van der Waals surface area contributed by atoms with Crippen molar-refractivity contribution in [3.8, 4) is 0 Å². The van der Waals surface area contributed by atoms with E-state index in [-0.39, 0.29) is 0 Å². The quantitative estimate of drug-likeness (QED) is 0.329. The average Bonchev–Trinajstić information content (AvgIpc) is 2.72. The highest BCUT2D eigenvalue weighted by Crippen LogP contribution is 2.19. The predicted molar refractivity (Wildman–Crippen MR) is 121 cm³/mol. The van der Waals surface area contributed by atoms with Crippen LogP contribution < -0.4 is 5.43 Å². The van der Waals surface area contributed by atoms with Gasteiger partial charge in [-0.05, 0) is 48.6 Å². The lowest BCUT2D eigenvalue weighted by molar-refractivity contribution is 0.966. The Balaban J connectivity index is 0.00000176. The normalized spacial score (nSPS) is 11.7. The second-order valence-electron chi connectivity index (χ2n) is 6.03. The Hall–Kier alpha value is -2.87. The Bertz CT molecular complexity index is 796. The lowest BCUT2D eigenvalue weighted by Crippen LogP contribution is -2.02. The number of allylic oxidation sites excluding steroid dienone is 4. The highest BCUT2D eigenvalue weighted by atomic mass is 15.3. The minimum absolute atomic E-state index is 0.948. The number of nitrogens with one attached hydrogen (secondary N) is 1. The first kappa shape index (κ1) is 22.2. The molecular weight excluding hydrogens is 328 g/mol. The summed E-state index contributed by atoms with van der Waals surface area (Å²) in [5.74, 6) is 0. The maximum absolute atomic E-state index is 4.40. The summed E-state index contributed by atoms with van der Waals surface area (Å²) < 4.78 is 0. The number of rotatable bonds is 7. The second-order valence-corrected chi connectivity index (χ2v) is 6.03. The number of hydrazone groups is 1. The fourth-order valence-corrected chi connectivity index (χ4v) is 2.47. The van der Waals surface area contributed by atoms with Crippen LogP contribution in [-0.4, -0.2) is 5.71 Å². The summed E-state index contributed by atoms with van der Waals surface area (Å²) in [6, 6.07) is 18.7. The molecule has 1 N–H and O–H groups in total. The fraction of sp³-hybridized carbons (Fsp3) is 0.240. The van der Waals surface area contributed by atoms with Gasteiger partial charge >= 0.3 is 0 Å². The largest absolute Gasteiger partial charge is 0.286 e. The summed E-state index contributed by atoms with van der Waals surface area (Å²) in [5.41, 5.74) is 9.72. The third-order valence-corrected chi connectivity index (χ3v) is 3.83. The van der Waals surface area contributed by atoms with Crippen molar-refractivity contribution < 1.29 is 0 Å². The van der Waals surface area contributed by atoms with Gasteiger partial charge in [0.05, 0.1) is 5.71 Å². The summed E-state index contributed by atoms with van der Waals surface area (Å²) in [6.07, 6.45) is 7.00. The monoisotopic (exact) mass is 360 g/mol. The standard InChI is InChI=1S/C23H26N2.C2H6/c1-5-20-10-9-13-22(17-20)23(16-18(2)3)14-15-24-25-19(4)21-11-7-6-8-12-21;1-2/h6-17,24H,2,5H2,1,3-4H3;1-2H3/b15-14-,23-16+,25-19+;. The van der Waals surface area contributed by atoms with Gasteiger partial charge in [-0.25, -0.2) is 0 Å². The van der Waals surface area contributed by atoms with Crippen LogP contribution >= 0.6 is 0 Å². The molecule has 0 amide bonds. The first-order chi connectivity index (χ1) is 13.1. The number of hydrogen-bond acceptors (Lipinski definition) is 2. The lowest BCUT2D eigenvalue weighted by Gasteiger charge is -2.06. The zero-order valence-electron chi connectivity index (χ0n) is 17.3. The molecule has 0 heterocycles. The summed E-state index contributed by atoms with van der Waals surface area (Å²) in [7, 11) is 0. The first-order valence-electron chi connectivity index (χ1n) is 9.58. The van der Waals surface area contributed by atoms with Gasteiger partial charge in [-0.2, -0.15) is 5.10 Å². The first-order valence-corrected chi connectivity index (χ1v) is 9.58. The SMILES string of the molecule is C=C(C)/C=C(\C=C/N/N=C(\C)c1ccccc1)c1cccc(CC)c1.CC. The maximum Gasteiger partial charge on any atom is 0.0648 e. The van der Waals surface area contributed by atoms with Crippen LogP contribution in [0.2, 0.25) is 0 Å². The van der Waals surface area contributed by atoms with E-state index in [0.717, 1.165) is 28.8 Å². The Kier molecular flexibility index (Phi) is 10.2. The van der Waals surface area contributed by atoms with Crippen LogP contribution in [0.15, 0.2) is 90.2 Å². The van der Waals surface area contributed by atoms with Crippen molar-refractivity contribution in [1.82, 2.24) is 5.43 Å². The molecule has 0 atom stereocenters. The number of nitrogens with zero attached hydrogens (tertiary/aromatic N) is 1. The van der Waals surface area contributed by atoms with E-state index < -0.39 is 0 Å². The number of hydrogen-bond donors (Lipinski definition) is 1. The molecular formula is C25H32N2. The van der Waals surface area contributed by atoms with Gasteiger partial charge in [-0.3, -0.25) is 5.43 Å². The van der Waals surface area contributed by atoms with Crippen LogP contribution in [0, 0.1) is 0 Å². The minimum Gasteiger partial charge on any atom is -0.286 e. The van der Waals surface area contributed by atoms with E-state index in [1.165, 1.54) is 11.1 Å². The van der Waals surface area contributed by atoms with Crippen molar-refractivity contribution in [2.45, 2.75) is 41.0 Å². The summed E-state index contributed by atoms with van der Waals surface area (Å²) in [5, 5.41) is 4.40. The molecule has 0 aromatic heterocycles. The molecule has 0 saturated heterocycles. The van der Waals surface area contributed by atoms with E-state index >= 15 is 0 Å². The van der Waals surface area contributed by atoms with Crippen molar-refractivity contribution in [2.24, 2.45) is 5.10 Å². The highest BCUT2D eigenvalue weighted by molar-refractivity contribution is 5.98. The molecule has 0 unspecified atom stereocenters. The Morgan fingerprint density at radius 3 is 2.30 bits per heavy atom. The Morgan fingerprint density at radius 1 is 1.00 bits per heavy atom. The van der Waals surface area contributed by atoms with E-state index in [1.807, 2.05) is 70.3 Å². The summed E-state index contributed by atoms with van der Waals surface area (Å²) in [6.45, 7) is 14.2. The van der Waals surface area contributed by atoms with Gasteiger partial charge in [0.1, 0.15) is 0 Å².